The van der Waals surface area contributed by atoms with Gasteiger partial charge in [-0.2, -0.15) is 0 Å². The maximum absolute atomic E-state index is 3.77. The van der Waals surface area contributed by atoms with Crippen molar-refractivity contribution in [1.29, 1.82) is 0 Å². The summed E-state index contributed by atoms with van der Waals surface area (Å²) >= 11 is 14.6. The van der Waals surface area contributed by atoms with Crippen molar-refractivity contribution in [2.75, 3.05) is 0 Å². The van der Waals surface area contributed by atoms with E-state index in [-0.39, 0.29) is 9.65 Å². The Kier molecular flexibility index (Phi) is 5.48. The zero-order valence-electron chi connectivity index (χ0n) is 9.29. The molecule has 0 unspecified atom stereocenters. The Balaban J connectivity index is 2.26. The third kappa shape index (κ3) is 3.47. The van der Waals surface area contributed by atoms with E-state index in [1.807, 2.05) is 6.07 Å². The Morgan fingerprint density at radius 3 is 1.94 bits per heavy atom. The van der Waals surface area contributed by atoms with Gasteiger partial charge >= 0.3 is 0 Å². The van der Waals surface area contributed by atoms with Gasteiger partial charge in [0.15, 0.2) is 0 Å². The molecule has 0 saturated carbocycles. The number of hydrogen-bond acceptors (Lipinski definition) is 0. The summed E-state index contributed by atoms with van der Waals surface area (Å²) in [5, 5.41) is 0. The average Bonchev–Trinajstić information content (AvgIpc) is 2.38. The molecule has 0 saturated heterocycles. The van der Waals surface area contributed by atoms with Crippen molar-refractivity contribution >= 4 is 63.7 Å². The van der Waals surface area contributed by atoms with Crippen molar-refractivity contribution in [2.45, 2.75) is 9.65 Å². The highest BCUT2D eigenvalue weighted by Crippen LogP contribution is 2.44. The van der Waals surface area contributed by atoms with Crippen molar-refractivity contribution in [2.24, 2.45) is 0 Å². The lowest BCUT2D eigenvalue weighted by atomic mass is 10.0. The van der Waals surface area contributed by atoms with E-state index in [4.69, 9.17) is 0 Å². The Morgan fingerprint density at radius 2 is 1.33 bits per heavy atom. The number of hydrogen-bond donors (Lipinski definition) is 0. The first-order chi connectivity index (χ1) is 8.59. The summed E-state index contributed by atoms with van der Waals surface area (Å²) in [6.45, 7) is 0. The highest BCUT2D eigenvalue weighted by molar-refractivity contribution is 9.12. The molecule has 94 valence electrons. The maximum Gasteiger partial charge on any atom is 0.0572 e. The molecule has 0 fully saturated rings. The van der Waals surface area contributed by atoms with Crippen molar-refractivity contribution in [3.05, 3.63) is 68.6 Å². The lowest BCUT2D eigenvalue weighted by Crippen LogP contribution is -2.00. The Hall–Kier alpha value is 0.360. The van der Waals surface area contributed by atoms with Crippen LogP contribution < -0.4 is 0 Å². The molecule has 0 radical (unpaired) electrons. The molecule has 0 heterocycles. The summed E-state index contributed by atoms with van der Waals surface area (Å²) in [6.07, 6.45) is 0. The van der Waals surface area contributed by atoms with E-state index in [1.165, 1.54) is 11.1 Å². The molecule has 0 aliphatic carbocycles. The molecule has 18 heavy (non-hydrogen) atoms. The molecule has 2 aromatic rings. The standard InChI is InChI=1S/C14H10Br4/c15-10-7-5-9(6-8-10)13(17)14(18)11-3-1-2-4-12(11)16/h1-8,13-14H/t13-,14+/m1/s1. The molecule has 0 aliphatic heterocycles. The molecule has 4 heteroatoms. The highest BCUT2D eigenvalue weighted by Gasteiger charge is 2.21. The maximum atomic E-state index is 3.77. The van der Waals surface area contributed by atoms with Crippen LogP contribution in [0.4, 0.5) is 0 Å². The van der Waals surface area contributed by atoms with E-state index in [0.29, 0.717) is 0 Å². The van der Waals surface area contributed by atoms with Gasteiger partial charge in [-0.05, 0) is 29.3 Å². The number of rotatable bonds is 3. The first kappa shape index (κ1) is 14.8. The predicted octanol–water partition coefficient (Wildman–Crippen LogP) is 6.78. The van der Waals surface area contributed by atoms with Crippen LogP contribution in [-0.4, -0.2) is 0 Å². The smallest absolute Gasteiger partial charge is 0.0572 e. The number of alkyl halides is 2. The monoisotopic (exact) mass is 494 g/mol. The minimum absolute atomic E-state index is 0.217. The molecular formula is C14H10Br4. The second-order valence-corrected chi connectivity index (χ2v) is 7.62. The minimum Gasteiger partial charge on any atom is -0.0823 e. The Bertz CT molecular complexity index is 522. The Morgan fingerprint density at radius 1 is 0.722 bits per heavy atom. The van der Waals surface area contributed by atoms with Crippen LogP contribution in [-0.2, 0) is 0 Å². The van der Waals surface area contributed by atoms with Crippen molar-refractivity contribution in [3.63, 3.8) is 0 Å². The van der Waals surface area contributed by atoms with Crippen LogP contribution in [0.25, 0.3) is 0 Å². The highest BCUT2D eigenvalue weighted by atomic mass is 79.9. The average molecular weight is 498 g/mol. The molecule has 2 aromatic carbocycles. The molecular weight excluding hydrogens is 488 g/mol. The molecule has 0 aromatic heterocycles. The molecule has 0 aliphatic rings. The van der Waals surface area contributed by atoms with Gasteiger partial charge in [0.25, 0.3) is 0 Å². The Labute approximate surface area is 141 Å². The fraction of sp³-hybridized carbons (Fsp3) is 0.143. The molecule has 0 amide bonds. The zero-order chi connectivity index (χ0) is 13.1. The van der Waals surface area contributed by atoms with Gasteiger partial charge in [-0.25, -0.2) is 0 Å². The molecule has 0 bridgehead atoms. The summed E-state index contributed by atoms with van der Waals surface area (Å²) < 4.78 is 2.21. The lowest BCUT2D eigenvalue weighted by molar-refractivity contribution is 0.932. The largest absolute Gasteiger partial charge is 0.0823 e. The molecule has 0 N–H and O–H groups in total. The van der Waals surface area contributed by atoms with Crippen LogP contribution in [0.5, 0.6) is 0 Å². The minimum atomic E-state index is 0.217. The van der Waals surface area contributed by atoms with Gasteiger partial charge in [0, 0.05) is 8.95 Å². The summed E-state index contributed by atoms with van der Waals surface area (Å²) in [6, 6.07) is 16.6. The van der Waals surface area contributed by atoms with E-state index in [9.17, 15) is 0 Å². The molecule has 2 atom stereocenters. The second kappa shape index (κ2) is 6.69. The van der Waals surface area contributed by atoms with Gasteiger partial charge in [0.05, 0.1) is 9.65 Å². The van der Waals surface area contributed by atoms with Crippen molar-refractivity contribution in [3.8, 4) is 0 Å². The van der Waals surface area contributed by atoms with E-state index >= 15 is 0 Å². The second-order valence-electron chi connectivity index (χ2n) is 3.88. The van der Waals surface area contributed by atoms with Crippen LogP contribution in [0.15, 0.2) is 57.5 Å². The van der Waals surface area contributed by atoms with Crippen LogP contribution in [0.1, 0.15) is 20.8 Å². The van der Waals surface area contributed by atoms with Crippen molar-refractivity contribution in [1.82, 2.24) is 0 Å². The van der Waals surface area contributed by atoms with E-state index in [2.05, 4.69) is 106 Å². The van der Waals surface area contributed by atoms with Gasteiger partial charge in [0.2, 0.25) is 0 Å². The summed E-state index contributed by atoms with van der Waals surface area (Å²) in [5.41, 5.74) is 2.48. The van der Waals surface area contributed by atoms with E-state index in [1.54, 1.807) is 0 Å². The summed E-state index contributed by atoms with van der Waals surface area (Å²) in [5.74, 6) is 0. The van der Waals surface area contributed by atoms with Crippen molar-refractivity contribution < 1.29 is 0 Å². The van der Waals surface area contributed by atoms with Gasteiger partial charge in [-0.3, -0.25) is 0 Å². The number of halogens is 4. The van der Waals surface area contributed by atoms with Crippen LogP contribution in [0.3, 0.4) is 0 Å². The molecule has 0 nitrogen and oxygen atoms in total. The van der Waals surface area contributed by atoms with E-state index in [0.717, 1.165) is 8.95 Å². The topological polar surface area (TPSA) is 0 Å². The normalized spacial score (nSPS) is 14.2. The van der Waals surface area contributed by atoms with Crippen LogP contribution >= 0.6 is 63.7 Å². The third-order valence-electron chi connectivity index (χ3n) is 2.65. The fourth-order valence-corrected chi connectivity index (χ4v) is 4.07. The van der Waals surface area contributed by atoms with Crippen LogP contribution in [0.2, 0.25) is 0 Å². The number of benzene rings is 2. The first-order valence-corrected chi connectivity index (χ1v) is 8.79. The fourth-order valence-electron chi connectivity index (χ4n) is 1.67. The third-order valence-corrected chi connectivity index (χ3v) is 6.69. The summed E-state index contributed by atoms with van der Waals surface area (Å²) in [4.78, 5) is 0.443. The van der Waals surface area contributed by atoms with E-state index < -0.39 is 0 Å². The quantitative estimate of drug-likeness (QED) is 0.410. The summed E-state index contributed by atoms with van der Waals surface area (Å²) in [7, 11) is 0. The predicted molar refractivity (Wildman–Crippen MR) is 91.6 cm³/mol. The molecule has 2 rings (SSSR count). The van der Waals surface area contributed by atoms with Gasteiger partial charge in [-0.15, -0.1) is 0 Å². The van der Waals surface area contributed by atoms with Gasteiger partial charge < -0.3 is 0 Å². The zero-order valence-corrected chi connectivity index (χ0v) is 15.6. The SMILES string of the molecule is Brc1ccc([C@@H](Br)[C@@H](Br)c2ccccc2Br)cc1. The van der Waals surface area contributed by atoms with Gasteiger partial charge in [-0.1, -0.05) is 94.1 Å². The molecule has 0 spiro atoms. The van der Waals surface area contributed by atoms with Gasteiger partial charge in [0.1, 0.15) is 0 Å². The lowest BCUT2D eigenvalue weighted by Gasteiger charge is -2.19. The van der Waals surface area contributed by atoms with Crippen LogP contribution in [0, 0.1) is 0 Å². The first-order valence-electron chi connectivity index (χ1n) is 5.37.